The summed E-state index contributed by atoms with van der Waals surface area (Å²) in [4.78, 5) is 15.3. The molecule has 0 aliphatic rings. The lowest BCUT2D eigenvalue weighted by Crippen LogP contribution is -2.20. The van der Waals surface area contributed by atoms with Crippen LogP contribution in [0.5, 0.6) is 5.75 Å². The summed E-state index contributed by atoms with van der Waals surface area (Å²) in [5.41, 5.74) is 0.286. The smallest absolute Gasteiger partial charge is 0.466 e. The lowest BCUT2D eigenvalue weighted by molar-refractivity contribution is -0.275. The van der Waals surface area contributed by atoms with Gasteiger partial charge in [-0.3, -0.25) is 4.79 Å². The second-order valence-corrected chi connectivity index (χ2v) is 4.58. The van der Waals surface area contributed by atoms with Crippen LogP contribution in [0.25, 0.3) is 0 Å². The van der Waals surface area contributed by atoms with Crippen molar-refractivity contribution in [3.63, 3.8) is 0 Å². The summed E-state index contributed by atoms with van der Waals surface area (Å²) in [6.45, 7) is 3.22. The average molecular weight is 389 g/mol. The summed E-state index contributed by atoms with van der Waals surface area (Å²) in [5.74, 6) is -1.02. The highest BCUT2D eigenvalue weighted by atomic mass is 127. The molecule has 1 aromatic heterocycles. The Kier molecular flexibility index (Phi) is 5.39. The van der Waals surface area contributed by atoms with Crippen molar-refractivity contribution in [2.75, 3.05) is 6.61 Å². The largest absolute Gasteiger partial charge is 0.573 e. The second-order valence-electron chi connectivity index (χ2n) is 3.56. The third-order valence-electron chi connectivity index (χ3n) is 2.13. The van der Waals surface area contributed by atoms with Gasteiger partial charge in [0.05, 0.1) is 13.0 Å². The SMILES string of the molecule is CCOC(=O)Cc1cnc(I)c(C)c1OC(F)(F)F. The van der Waals surface area contributed by atoms with Gasteiger partial charge < -0.3 is 9.47 Å². The normalized spacial score (nSPS) is 11.3. The Hall–Kier alpha value is -1.06. The van der Waals surface area contributed by atoms with Crippen molar-refractivity contribution in [1.82, 2.24) is 4.98 Å². The van der Waals surface area contributed by atoms with Crippen LogP contribution in [0.3, 0.4) is 0 Å². The molecule has 4 nitrogen and oxygen atoms in total. The molecule has 19 heavy (non-hydrogen) atoms. The number of carbonyl (C=O) groups is 1. The van der Waals surface area contributed by atoms with E-state index in [0.29, 0.717) is 3.70 Å². The molecule has 0 aliphatic heterocycles. The van der Waals surface area contributed by atoms with Gasteiger partial charge in [-0.2, -0.15) is 0 Å². The van der Waals surface area contributed by atoms with Gasteiger partial charge in [0.2, 0.25) is 0 Å². The minimum Gasteiger partial charge on any atom is -0.466 e. The van der Waals surface area contributed by atoms with Crippen LogP contribution in [0.15, 0.2) is 6.20 Å². The molecule has 1 aromatic rings. The van der Waals surface area contributed by atoms with Crippen molar-refractivity contribution in [2.45, 2.75) is 26.6 Å². The van der Waals surface area contributed by atoms with E-state index in [0.717, 1.165) is 0 Å². The van der Waals surface area contributed by atoms with E-state index in [1.807, 2.05) is 0 Å². The van der Waals surface area contributed by atoms with Gasteiger partial charge in [0.1, 0.15) is 9.45 Å². The van der Waals surface area contributed by atoms with Gasteiger partial charge in [-0.05, 0) is 36.4 Å². The van der Waals surface area contributed by atoms with Crippen LogP contribution < -0.4 is 4.74 Å². The van der Waals surface area contributed by atoms with E-state index < -0.39 is 12.3 Å². The van der Waals surface area contributed by atoms with Crippen molar-refractivity contribution < 1.29 is 27.4 Å². The van der Waals surface area contributed by atoms with Crippen LogP contribution in [0.2, 0.25) is 0 Å². The minimum atomic E-state index is -4.82. The number of alkyl halides is 3. The van der Waals surface area contributed by atoms with Gasteiger partial charge in [-0.25, -0.2) is 4.98 Å². The van der Waals surface area contributed by atoms with E-state index in [1.54, 1.807) is 29.5 Å². The first-order valence-electron chi connectivity index (χ1n) is 5.30. The molecule has 1 rings (SSSR count). The van der Waals surface area contributed by atoms with Crippen LogP contribution in [0.1, 0.15) is 18.1 Å². The standard InChI is InChI=1S/C11H11F3INO3/c1-3-18-8(17)4-7-5-16-10(15)6(2)9(7)19-11(12,13)14/h5H,3-4H2,1-2H3. The number of aromatic nitrogens is 1. The van der Waals surface area contributed by atoms with Crippen molar-refractivity contribution in [1.29, 1.82) is 0 Å². The fraction of sp³-hybridized carbons (Fsp3) is 0.455. The molecule has 0 saturated carbocycles. The first-order valence-corrected chi connectivity index (χ1v) is 6.37. The molecule has 106 valence electrons. The first kappa shape index (κ1) is 16.0. The Morgan fingerprint density at radius 3 is 2.63 bits per heavy atom. The zero-order valence-corrected chi connectivity index (χ0v) is 12.3. The van der Waals surface area contributed by atoms with E-state index in [9.17, 15) is 18.0 Å². The number of hydrogen-bond donors (Lipinski definition) is 0. The highest BCUT2D eigenvalue weighted by Crippen LogP contribution is 2.31. The monoisotopic (exact) mass is 389 g/mol. The summed E-state index contributed by atoms with van der Waals surface area (Å²) in [5, 5.41) is 0. The summed E-state index contributed by atoms with van der Waals surface area (Å²) in [7, 11) is 0. The lowest BCUT2D eigenvalue weighted by Gasteiger charge is -2.15. The summed E-state index contributed by atoms with van der Waals surface area (Å²) in [6, 6.07) is 0. The second kappa shape index (κ2) is 6.40. The Morgan fingerprint density at radius 1 is 1.47 bits per heavy atom. The molecule has 0 atom stereocenters. The third-order valence-corrected chi connectivity index (χ3v) is 3.22. The van der Waals surface area contributed by atoms with Crippen LogP contribution in [0.4, 0.5) is 13.2 Å². The van der Waals surface area contributed by atoms with Crippen LogP contribution in [0, 0.1) is 10.6 Å². The van der Waals surface area contributed by atoms with Crippen molar-refractivity contribution in [2.24, 2.45) is 0 Å². The third kappa shape index (κ3) is 4.84. The topological polar surface area (TPSA) is 48.4 Å². The molecule has 0 amide bonds. The average Bonchev–Trinajstić information content (AvgIpc) is 2.27. The van der Waals surface area contributed by atoms with Crippen molar-refractivity contribution in [3.8, 4) is 5.75 Å². The molecular formula is C11H11F3INO3. The van der Waals surface area contributed by atoms with Gasteiger partial charge in [0, 0.05) is 17.3 Å². The van der Waals surface area contributed by atoms with Crippen LogP contribution >= 0.6 is 22.6 Å². The quantitative estimate of drug-likeness (QED) is 0.452. The number of carbonyl (C=O) groups excluding carboxylic acids is 1. The molecule has 0 bridgehead atoms. The van der Waals surface area contributed by atoms with E-state index >= 15 is 0 Å². The van der Waals surface area contributed by atoms with Crippen LogP contribution in [-0.2, 0) is 16.0 Å². The number of halogens is 4. The number of esters is 1. The molecule has 8 heteroatoms. The van der Waals surface area contributed by atoms with Crippen molar-refractivity contribution >= 4 is 28.6 Å². The molecule has 0 fully saturated rings. The predicted molar refractivity (Wildman–Crippen MR) is 68.7 cm³/mol. The lowest BCUT2D eigenvalue weighted by atomic mass is 10.1. The number of ether oxygens (including phenoxy) is 2. The fourth-order valence-corrected chi connectivity index (χ4v) is 1.76. The zero-order valence-electron chi connectivity index (χ0n) is 10.2. The van der Waals surface area contributed by atoms with Gasteiger partial charge in [-0.15, -0.1) is 13.2 Å². The maximum absolute atomic E-state index is 12.4. The predicted octanol–water partition coefficient (Wildman–Crippen LogP) is 3.00. The van der Waals surface area contributed by atoms with Crippen molar-refractivity contribution in [3.05, 3.63) is 21.0 Å². The zero-order chi connectivity index (χ0) is 14.6. The maximum Gasteiger partial charge on any atom is 0.573 e. The molecule has 0 aliphatic carbocycles. The Labute approximate surface area is 121 Å². The number of nitrogens with zero attached hydrogens (tertiary/aromatic N) is 1. The van der Waals surface area contributed by atoms with E-state index in [1.165, 1.54) is 13.1 Å². The summed E-state index contributed by atoms with van der Waals surface area (Å²) in [6.07, 6.45) is -3.95. The highest BCUT2D eigenvalue weighted by molar-refractivity contribution is 14.1. The van der Waals surface area contributed by atoms with Gasteiger partial charge in [0.15, 0.2) is 0 Å². The number of rotatable bonds is 4. The molecule has 0 saturated heterocycles. The summed E-state index contributed by atoms with van der Waals surface area (Å²) >= 11 is 1.79. The molecule has 0 radical (unpaired) electrons. The maximum atomic E-state index is 12.4. The van der Waals surface area contributed by atoms with E-state index in [-0.39, 0.29) is 29.9 Å². The molecular weight excluding hydrogens is 378 g/mol. The van der Waals surface area contributed by atoms with Crippen LogP contribution in [-0.4, -0.2) is 23.9 Å². The Morgan fingerprint density at radius 2 is 2.11 bits per heavy atom. The summed E-state index contributed by atoms with van der Waals surface area (Å²) < 4.78 is 46.1. The van der Waals surface area contributed by atoms with E-state index in [2.05, 4.69) is 9.72 Å². The molecule has 0 unspecified atom stereocenters. The Balaban J connectivity index is 3.09. The fourth-order valence-electron chi connectivity index (χ4n) is 1.38. The highest BCUT2D eigenvalue weighted by Gasteiger charge is 2.33. The number of pyridine rings is 1. The van der Waals surface area contributed by atoms with Gasteiger partial charge in [-0.1, -0.05) is 0 Å². The Bertz CT molecular complexity index is 477. The molecule has 0 N–H and O–H groups in total. The number of hydrogen-bond acceptors (Lipinski definition) is 4. The molecule has 0 spiro atoms. The first-order chi connectivity index (χ1) is 8.74. The minimum absolute atomic E-state index is 0.0497. The molecule has 0 aromatic carbocycles. The van der Waals surface area contributed by atoms with E-state index in [4.69, 9.17) is 4.74 Å². The van der Waals surface area contributed by atoms with Gasteiger partial charge in [0.25, 0.3) is 0 Å². The van der Waals surface area contributed by atoms with Gasteiger partial charge >= 0.3 is 12.3 Å². The molecule has 1 heterocycles.